The smallest absolute Gasteiger partial charge is 0 e. The van der Waals surface area contributed by atoms with E-state index in [4.69, 9.17) is 0 Å². The second kappa shape index (κ2) is 6.56. The van der Waals surface area contributed by atoms with Crippen LogP contribution in [0.3, 0.4) is 0 Å². The van der Waals surface area contributed by atoms with Crippen LogP contribution in [0.5, 0.6) is 0 Å². The van der Waals surface area contributed by atoms with E-state index < -0.39 is 0 Å². The predicted molar refractivity (Wildman–Crippen MR) is 56.7 cm³/mol. The Bertz CT molecular complexity index is 118. The molecule has 1 radical (unpaired) electrons. The van der Waals surface area contributed by atoms with Gasteiger partial charge in [-0.05, 0) is 0 Å². The standard InChI is InChI=1S/C11H20.CH4.Y/c1-9(11(2,3)4)10-7-5-6-8-10;;/h7,9-10H,1,5-6,8H2,2-4H3;1H4;/q-2;;. The number of hydrogen-bond donors (Lipinski definition) is 0. The van der Waals surface area contributed by atoms with Crippen molar-refractivity contribution < 1.29 is 32.7 Å². The molecule has 0 heterocycles. The second-order valence-electron chi connectivity index (χ2n) is 4.80. The quantitative estimate of drug-likeness (QED) is 0.620. The summed E-state index contributed by atoms with van der Waals surface area (Å²) in [5.41, 5.74) is 0.380. The van der Waals surface area contributed by atoms with Crippen LogP contribution in [0.15, 0.2) is 0 Å². The van der Waals surface area contributed by atoms with Gasteiger partial charge in [0, 0.05) is 32.7 Å². The molecule has 0 aromatic heterocycles. The third-order valence-electron chi connectivity index (χ3n) is 2.84. The van der Waals surface area contributed by atoms with E-state index in [0.29, 0.717) is 11.3 Å². The Labute approximate surface area is 110 Å². The van der Waals surface area contributed by atoms with Crippen LogP contribution in [0, 0.1) is 30.6 Å². The molecule has 0 aromatic carbocycles. The minimum atomic E-state index is 0. The molecule has 0 spiro atoms. The van der Waals surface area contributed by atoms with Gasteiger partial charge < -0.3 is 13.3 Å². The van der Waals surface area contributed by atoms with E-state index in [9.17, 15) is 0 Å². The summed E-state index contributed by atoms with van der Waals surface area (Å²) < 4.78 is 0. The van der Waals surface area contributed by atoms with Gasteiger partial charge in [0.1, 0.15) is 0 Å². The Morgan fingerprint density at radius 1 is 1.38 bits per heavy atom. The predicted octanol–water partition coefficient (Wildman–Crippen LogP) is 4.12. The maximum atomic E-state index is 4.26. The van der Waals surface area contributed by atoms with Crippen molar-refractivity contribution in [3.8, 4) is 0 Å². The third-order valence-corrected chi connectivity index (χ3v) is 2.84. The van der Waals surface area contributed by atoms with Crippen molar-refractivity contribution in [3.63, 3.8) is 0 Å². The van der Waals surface area contributed by atoms with Crippen LogP contribution in [-0.2, 0) is 32.7 Å². The largest absolute Gasteiger partial charge is 0.342 e. The van der Waals surface area contributed by atoms with Gasteiger partial charge in [0.15, 0.2) is 0 Å². The van der Waals surface area contributed by atoms with Gasteiger partial charge in [0.2, 0.25) is 0 Å². The molecule has 1 aliphatic carbocycles. The molecule has 1 heteroatoms. The van der Waals surface area contributed by atoms with Crippen molar-refractivity contribution in [1.29, 1.82) is 0 Å². The zero-order chi connectivity index (χ0) is 8.48. The third kappa shape index (κ3) is 4.93. The van der Waals surface area contributed by atoms with Crippen LogP contribution in [-0.4, -0.2) is 0 Å². The Morgan fingerprint density at radius 2 is 1.92 bits per heavy atom. The average molecular weight is 257 g/mol. The summed E-state index contributed by atoms with van der Waals surface area (Å²) in [6.07, 6.45) is 6.52. The normalized spacial score (nSPS) is 24.5. The van der Waals surface area contributed by atoms with E-state index >= 15 is 0 Å². The average Bonchev–Trinajstić information content (AvgIpc) is 2.34. The molecule has 2 atom stereocenters. The topological polar surface area (TPSA) is 0 Å². The van der Waals surface area contributed by atoms with Crippen molar-refractivity contribution in [2.75, 3.05) is 0 Å². The zero-order valence-electron chi connectivity index (χ0n) is 8.64. The summed E-state index contributed by atoms with van der Waals surface area (Å²) >= 11 is 0. The van der Waals surface area contributed by atoms with E-state index in [1.165, 1.54) is 19.3 Å². The molecule has 1 fully saturated rings. The summed E-state index contributed by atoms with van der Waals surface area (Å²) in [6.45, 7) is 11.1. The first kappa shape index (κ1) is 16.5. The molecule has 1 saturated carbocycles. The first-order valence-electron chi connectivity index (χ1n) is 4.68. The fraction of sp³-hybridized carbons (Fsp3) is 0.833. The molecule has 13 heavy (non-hydrogen) atoms. The fourth-order valence-electron chi connectivity index (χ4n) is 1.81. The van der Waals surface area contributed by atoms with Crippen LogP contribution < -0.4 is 0 Å². The Kier molecular flexibility index (Phi) is 8.34. The molecule has 1 rings (SSSR count). The maximum Gasteiger partial charge on any atom is 0 e. The molecular formula is C12H24Y-2. The molecular weight excluding hydrogens is 233 g/mol. The Balaban J connectivity index is 0. The van der Waals surface area contributed by atoms with Gasteiger partial charge in [0.05, 0.1) is 0 Å². The Hall–Kier alpha value is 1.10. The van der Waals surface area contributed by atoms with Gasteiger partial charge in [-0.15, -0.1) is 0 Å². The molecule has 1 aliphatic rings. The minimum absolute atomic E-state index is 0. The molecule has 0 aromatic rings. The first-order valence-corrected chi connectivity index (χ1v) is 4.68. The SMILES string of the molecule is C.[CH2-]C(C1[CH-]CCC1)C(C)(C)C.[Y]. The summed E-state index contributed by atoms with van der Waals surface area (Å²) in [5, 5.41) is 0. The minimum Gasteiger partial charge on any atom is -0.342 e. The summed E-state index contributed by atoms with van der Waals surface area (Å²) in [7, 11) is 0. The van der Waals surface area contributed by atoms with Gasteiger partial charge in [-0.2, -0.15) is 18.3 Å². The molecule has 0 aliphatic heterocycles. The monoisotopic (exact) mass is 257 g/mol. The van der Waals surface area contributed by atoms with Crippen molar-refractivity contribution in [2.45, 2.75) is 47.5 Å². The van der Waals surface area contributed by atoms with Gasteiger partial charge in [0.25, 0.3) is 0 Å². The Morgan fingerprint density at radius 3 is 2.23 bits per heavy atom. The number of hydrogen-bond acceptors (Lipinski definition) is 0. The van der Waals surface area contributed by atoms with E-state index in [2.05, 4.69) is 34.1 Å². The van der Waals surface area contributed by atoms with Crippen LogP contribution in [0.4, 0.5) is 0 Å². The summed E-state index contributed by atoms with van der Waals surface area (Å²) in [6, 6.07) is 0. The van der Waals surface area contributed by atoms with E-state index in [0.717, 1.165) is 5.92 Å². The van der Waals surface area contributed by atoms with E-state index in [1.54, 1.807) is 0 Å². The second-order valence-corrected chi connectivity index (χ2v) is 4.80. The van der Waals surface area contributed by atoms with Crippen LogP contribution >= 0.6 is 0 Å². The van der Waals surface area contributed by atoms with E-state index in [-0.39, 0.29) is 40.1 Å². The van der Waals surface area contributed by atoms with Crippen LogP contribution in [0.1, 0.15) is 47.5 Å². The molecule has 0 nitrogen and oxygen atoms in total. The summed E-state index contributed by atoms with van der Waals surface area (Å²) in [4.78, 5) is 0. The molecule has 0 amide bonds. The van der Waals surface area contributed by atoms with Gasteiger partial charge in [-0.3, -0.25) is 0 Å². The van der Waals surface area contributed by atoms with Gasteiger partial charge >= 0.3 is 0 Å². The molecule has 0 saturated heterocycles. The molecule has 0 N–H and O–H groups in total. The maximum absolute atomic E-state index is 4.26. The summed E-state index contributed by atoms with van der Waals surface area (Å²) in [5.74, 6) is 1.39. The molecule has 77 valence electrons. The van der Waals surface area contributed by atoms with E-state index in [1.807, 2.05) is 0 Å². The number of rotatable bonds is 1. The molecule has 0 bridgehead atoms. The van der Waals surface area contributed by atoms with Crippen LogP contribution in [0.2, 0.25) is 0 Å². The van der Waals surface area contributed by atoms with Crippen molar-refractivity contribution >= 4 is 0 Å². The van der Waals surface area contributed by atoms with Crippen LogP contribution in [0.25, 0.3) is 0 Å². The molecule has 2 unspecified atom stereocenters. The van der Waals surface area contributed by atoms with Crippen molar-refractivity contribution in [2.24, 2.45) is 17.3 Å². The van der Waals surface area contributed by atoms with Gasteiger partial charge in [-0.25, -0.2) is 0 Å². The fourth-order valence-corrected chi connectivity index (χ4v) is 1.81. The van der Waals surface area contributed by atoms with Crippen molar-refractivity contribution in [3.05, 3.63) is 13.3 Å². The zero-order valence-corrected chi connectivity index (χ0v) is 11.5. The van der Waals surface area contributed by atoms with Gasteiger partial charge in [-0.1, -0.05) is 46.5 Å². The first-order chi connectivity index (χ1) is 5.02. The van der Waals surface area contributed by atoms with Crippen molar-refractivity contribution in [1.82, 2.24) is 0 Å².